The summed E-state index contributed by atoms with van der Waals surface area (Å²) in [5.41, 5.74) is -1.38. The van der Waals surface area contributed by atoms with Gasteiger partial charge in [-0.1, -0.05) is 17.7 Å². The highest BCUT2D eigenvalue weighted by molar-refractivity contribution is 7.94. The number of thiophene rings is 1. The maximum absolute atomic E-state index is 12.9. The summed E-state index contributed by atoms with van der Waals surface area (Å²) in [6.07, 6.45) is -4.75. The number of hydrogen-bond donors (Lipinski definition) is 2. The highest BCUT2D eigenvalue weighted by atomic mass is 35.5. The van der Waals surface area contributed by atoms with Gasteiger partial charge >= 0.3 is 6.18 Å². The lowest BCUT2D eigenvalue weighted by Gasteiger charge is -2.13. The van der Waals surface area contributed by atoms with Crippen LogP contribution in [0.5, 0.6) is 0 Å². The van der Waals surface area contributed by atoms with Gasteiger partial charge in [0.05, 0.1) is 15.5 Å². The average Bonchev–Trinajstić information content (AvgIpc) is 3.18. The molecule has 0 radical (unpaired) electrons. The molecule has 0 aliphatic carbocycles. The van der Waals surface area contributed by atoms with Gasteiger partial charge in [0, 0.05) is 11.4 Å². The maximum atomic E-state index is 12.9. The predicted octanol–water partition coefficient (Wildman–Crippen LogP) is 5.02. The molecule has 0 spiro atoms. The third kappa shape index (κ3) is 5.06. The van der Waals surface area contributed by atoms with Crippen LogP contribution >= 0.6 is 22.9 Å². The van der Waals surface area contributed by atoms with Crippen molar-refractivity contribution in [3.05, 3.63) is 70.6 Å². The monoisotopic (exact) mass is 496 g/mol. The summed E-state index contributed by atoms with van der Waals surface area (Å²) in [5, 5.41) is 1.03. The number of hydrogen-bond acceptors (Lipinski definition) is 5. The molecule has 1 heterocycles. The van der Waals surface area contributed by atoms with Crippen LogP contribution in [0, 0.1) is 0 Å². The predicted molar refractivity (Wildman–Crippen MR) is 109 cm³/mol. The van der Waals surface area contributed by atoms with Crippen LogP contribution in [0.4, 0.5) is 24.5 Å². The van der Waals surface area contributed by atoms with Gasteiger partial charge in [0.2, 0.25) is 0 Å². The average molecular weight is 497 g/mol. The molecule has 3 aromatic rings. The largest absolute Gasteiger partial charge is 0.417 e. The number of anilines is 2. The quantitative estimate of drug-likeness (QED) is 0.501. The minimum atomic E-state index is -4.75. The summed E-state index contributed by atoms with van der Waals surface area (Å²) in [7, 11) is -8.03. The number of sulfonamides is 2. The van der Waals surface area contributed by atoms with Crippen molar-refractivity contribution in [2.75, 3.05) is 9.44 Å². The molecule has 30 heavy (non-hydrogen) atoms. The first-order chi connectivity index (χ1) is 13.9. The maximum Gasteiger partial charge on any atom is 0.417 e. The zero-order valence-corrected chi connectivity index (χ0v) is 17.8. The molecule has 0 amide bonds. The minimum Gasteiger partial charge on any atom is -0.280 e. The summed E-state index contributed by atoms with van der Waals surface area (Å²) in [6.45, 7) is 0. The number of halogens is 4. The van der Waals surface area contributed by atoms with Gasteiger partial charge < -0.3 is 0 Å². The number of alkyl halides is 3. The van der Waals surface area contributed by atoms with E-state index < -0.39 is 36.8 Å². The van der Waals surface area contributed by atoms with Crippen LogP contribution in [-0.2, 0) is 26.2 Å². The van der Waals surface area contributed by atoms with Crippen molar-refractivity contribution >= 4 is 54.4 Å². The Labute approximate surface area is 179 Å². The van der Waals surface area contributed by atoms with E-state index in [-0.39, 0.29) is 20.5 Å². The van der Waals surface area contributed by atoms with Gasteiger partial charge in [0.25, 0.3) is 20.0 Å². The van der Waals surface area contributed by atoms with Crippen molar-refractivity contribution in [1.82, 2.24) is 0 Å². The van der Waals surface area contributed by atoms with E-state index in [0.717, 1.165) is 35.6 Å². The summed E-state index contributed by atoms with van der Waals surface area (Å²) < 4.78 is 92.6. The van der Waals surface area contributed by atoms with Gasteiger partial charge in [-0.3, -0.25) is 9.44 Å². The fourth-order valence-corrected chi connectivity index (χ4v) is 5.67. The molecule has 1 aromatic heterocycles. The molecule has 0 saturated carbocycles. The standard InChI is InChI=1S/C17H12ClF3N2O4S3/c18-15-8-5-12(10-14(15)17(19,20)21)23-29(24,25)13-6-3-11(4-7-13)22-30(26,27)16-2-1-9-28-16/h1-10,22-23H. The van der Waals surface area contributed by atoms with Gasteiger partial charge in [-0.2, -0.15) is 13.2 Å². The third-order valence-electron chi connectivity index (χ3n) is 3.70. The van der Waals surface area contributed by atoms with Crippen molar-refractivity contribution < 1.29 is 30.0 Å². The molecule has 160 valence electrons. The third-order valence-corrected chi connectivity index (χ3v) is 8.21. The summed E-state index contributed by atoms with van der Waals surface area (Å²) in [6, 6.07) is 10.3. The summed E-state index contributed by atoms with van der Waals surface area (Å²) in [5.74, 6) is 0. The fraction of sp³-hybridized carbons (Fsp3) is 0.0588. The Morgan fingerprint density at radius 1 is 0.833 bits per heavy atom. The minimum absolute atomic E-state index is 0.0871. The lowest BCUT2D eigenvalue weighted by molar-refractivity contribution is -0.137. The first-order valence-corrected chi connectivity index (χ1v) is 12.2. The molecule has 0 atom stereocenters. The van der Waals surface area contributed by atoms with Gasteiger partial charge in [-0.15, -0.1) is 11.3 Å². The molecule has 0 aliphatic rings. The van der Waals surface area contributed by atoms with E-state index in [1.165, 1.54) is 18.2 Å². The lowest BCUT2D eigenvalue weighted by atomic mass is 10.2. The van der Waals surface area contributed by atoms with Gasteiger partial charge in [-0.25, -0.2) is 16.8 Å². The lowest BCUT2D eigenvalue weighted by Crippen LogP contribution is -2.15. The van der Waals surface area contributed by atoms with Crippen LogP contribution in [0.1, 0.15) is 5.56 Å². The van der Waals surface area contributed by atoms with Crippen LogP contribution in [0.3, 0.4) is 0 Å². The van der Waals surface area contributed by atoms with E-state index in [4.69, 9.17) is 11.6 Å². The second kappa shape index (κ2) is 8.10. The molecular weight excluding hydrogens is 485 g/mol. The van der Waals surface area contributed by atoms with E-state index >= 15 is 0 Å². The van der Waals surface area contributed by atoms with Crippen molar-refractivity contribution in [2.24, 2.45) is 0 Å². The number of rotatable bonds is 6. The smallest absolute Gasteiger partial charge is 0.280 e. The van der Waals surface area contributed by atoms with Crippen molar-refractivity contribution in [3.63, 3.8) is 0 Å². The molecule has 2 aromatic carbocycles. The zero-order valence-electron chi connectivity index (χ0n) is 14.6. The molecule has 13 heteroatoms. The van der Waals surface area contributed by atoms with E-state index in [9.17, 15) is 30.0 Å². The SMILES string of the molecule is O=S(=O)(Nc1ccc(Cl)c(C(F)(F)F)c1)c1ccc(NS(=O)(=O)c2cccs2)cc1. The zero-order chi connectivity index (χ0) is 22.2. The van der Waals surface area contributed by atoms with E-state index in [1.54, 1.807) is 11.4 Å². The molecular formula is C17H12ClF3N2O4S3. The number of nitrogens with one attached hydrogen (secondary N) is 2. The van der Waals surface area contributed by atoms with Crippen LogP contribution in [0.25, 0.3) is 0 Å². The van der Waals surface area contributed by atoms with Gasteiger partial charge in [0.15, 0.2) is 0 Å². The van der Waals surface area contributed by atoms with Crippen LogP contribution in [-0.4, -0.2) is 16.8 Å². The Balaban J connectivity index is 1.81. The van der Waals surface area contributed by atoms with Crippen LogP contribution < -0.4 is 9.44 Å². The molecule has 0 bridgehead atoms. The topological polar surface area (TPSA) is 92.3 Å². The normalized spacial score (nSPS) is 12.5. The van der Waals surface area contributed by atoms with Crippen molar-refractivity contribution in [1.29, 1.82) is 0 Å². The summed E-state index contributed by atoms with van der Waals surface area (Å²) >= 11 is 6.54. The molecule has 3 rings (SSSR count). The first kappa shape index (κ1) is 22.4. The Kier molecular flexibility index (Phi) is 6.05. The Morgan fingerprint density at radius 2 is 1.43 bits per heavy atom. The molecule has 0 fully saturated rings. The molecule has 6 nitrogen and oxygen atoms in total. The highest BCUT2D eigenvalue weighted by Gasteiger charge is 2.33. The van der Waals surface area contributed by atoms with Crippen LogP contribution in [0.15, 0.2) is 69.1 Å². The van der Waals surface area contributed by atoms with E-state index in [2.05, 4.69) is 4.72 Å². The van der Waals surface area contributed by atoms with Crippen molar-refractivity contribution in [3.8, 4) is 0 Å². The Hall–Kier alpha value is -2.28. The second-order valence-corrected chi connectivity index (χ2v) is 10.8. The Bertz CT molecular complexity index is 1260. The molecule has 0 unspecified atom stereocenters. The fourth-order valence-electron chi connectivity index (χ4n) is 2.34. The van der Waals surface area contributed by atoms with E-state index in [0.29, 0.717) is 6.07 Å². The van der Waals surface area contributed by atoms with Crippen LogP contribution in [0.2, 0.25) is 5.02 Å². The van der Waals surface area contributed by atoms with E-state index in [1.807, 2.05) is 4.72 Å². The highest BCUT2D eigenvalue weighted by Crippen LogP contribution is 2.36. The second-order valence-electron chi connectivity index (χ2n) is 5.86. The Morgan fingerprint density at radius 3 is 2.00 bits per heavy atom. The first-order valence-electron chi connectivity index (χ1n) is 7.94. The molecule has 0 aliphatic heterocycles. The van der Waals surface area contributed by atoms with Gasteiger partial charge in [0.1, 0.15) is 4.21 Å². The summed E-state index contributed by atoms with van der Waals surface area (Å²) in [4.78, 5) is -0.273. The van der Waals surface area contributed by atoms with Gasteiger partial charge in [-0.05, 0) is 53.9 Å². The molecule has 0 saturated heterocycles. The number of benzene rings is 2. The van der Waals surface area contributed by atoms with Crippen molar-refractivity contribution in [2.45, 2.75) is 15.3 Å². The molecule has 2 N–H and O–H groups in total.